The Morgan fingerprint density at radius 2 is 1.74 bits per heavy atom. The van der Waals surface area contributed by atoms with E-state index in [2.05, 4.69) is 32.7 Å². The van der Waals surface area contributed by atoms with Crippen LogP contribution in [0.2, 0.25) is 0 Å². The lowest BCUT2D eigenvalue weighted by Gasteiger charge is -2.39. The van der Waals surface area contributed by atoms with E-state index in [-0.39, 0.29) is 42.7 Å². The number of Topliss-reactive ketones (excluding diaryl/α,β-unsaturated/α-hetero) is 1. The van der Waals surface area contributed by atoms with E-state index in [1.807, 2.05) is 46.0 Å². The molecule has 1 aromatic heterocycles. The molecule has 2 fully saturated rings. The van der Waals surface area contributed by atoms with E-state index in [1.165, 1.54) is 0 Å². The van der Waals surface area contributed by atoms with E-state index >= 15 is 0 Å². The fraction of sp³-hybridized carbons (Fsp3) is 0.742. The van der Waals surface area contributed by atoms with E-state index in [4.69, 9.17) is 9.47 Å². The normalized spacial score (nSPS) is 20.7. The molecule has 1 saturated carbocycles. The van der Waals surface area contributed by atoms with Gasteiger partial charge in [-0.2, -0.15) is 0 Å². The Morgan fingerprint density at radius 3 is 2.26 bits per heavy atom. The van der Waals surface area contributed by atoms with Gasteiger partial charge in [-0.05, 0) is 76.3 Å². The fourth-order valence-corrected chi connectivity index (χ4v) is 5.06. The summed E-state index contributed by atoms with van der Waals surface area (Å²) in [4.78, 5) is 48.8. The summed E-state index contributed by atoms with van der Waals surface area (Å²) in [6.45, 7) is 17.5. The lowest BCUT2D eigenvalue weighted by molar-refractivity contribution is -0.130. The van der Waals surface area contributed by atoms with Crippen molar-refractivity contribution in [2.45, 2.75) is 98.6 Å². The Hall–Kier alpha value is -2.48. The Balaban J connectivity index is 1.85. The van der Waals surface area contributed by atoms with Gasteiger partial charge < -0.3 is 14.4 Å². The van der Waals surface area contributed by atoms with E-state index < -0.39 is 23.5 Å². The number of amides is 2. The van der Waals surface area contributed by atoms with E-state index in [0.29, 0.717) is 37.8 Å². The number of anilines is 1. The topological polar surface area (TPSA) is 89.0 Å². The van der Waals surface area contributed by atoms with Crippen LogP contribution in [0, 0.1) is 23.7 Å². The van der Waals surface area contributed by atoms with E-state index in [9.17, 15) is 14.4 Å². The Labute approximate surface area is 234 Å². The van der Waals surface area contributed by atoms with Crippen molar-refractivity contribution >= 4 is 23.6 Å². The van der Waals surface area contributed by atoms with Crippen molar-refractivity contribution < 1.29 is 23.9 Å². The standard InChI is InChI=1S/C31H49N3O5/c1-9-38-19-25(21(4)5)15-27(35)23-14-24(18-33(17-23)30(37)39-31(6,7)8)29(36)34(26-11-12-26)28-13-10-22(16-32-28)20(2)3/h10,13,16,20-21,23-26H,9,11-12,14-15,17-19H2,1-8H3/t23-,24+,25-/m0/s1. The summed E-state index contributed by atoms with van der Waals surface area (Å²) in [5.41, 5.74) is 0.448. The molecule has 0 aromatic carbocycles. The molecule has 2 aliphatic rings. The molecule has 3 rings (SSSR count). The van der Waals surface area contributed by atoms with Gasteiger partial charge in [0.1, 0.15) is 17.2 Å². The van der Waals surface area contributed by atoms with Gasteiger partial charge >= 0.3 is 6.09 Å². The van der Waals surface area contributed by atoms with Crippen LogP contribution in [0.4, 0.5) is 10.6 Å². The third kappa shape index (κ3) is 8.75. The minimum Gasteiger partial charge on any atom is -0.444 e. The third-order valence-corrected chi connectivity index (χ3v) is 7.68. The van der Waals surface area contributed by atoms with Crippen molar-refractivity contribution in [2.75, 3.05) is 31.2 Å². The van der Waals surface area contributed by atoms with E-state index in [0.717, 1.165) is 18.4 Å². The lowest BCUT2D eigenvalue weighted by atomic mass is 9.81. The van der Waals surface area contributed by atoms with Gasteiger partial charge in [0.2, 0.25) is 5.91 Å². The van der Waals surface area contributed by atoms with Gasteiger partial charge in [0, 0.05) is 44.3 Å². The van der Waals surface area contributed by atoms with Crippen LogP contribution < -0.4 is 4.90 Å². The number of rotatable bonds is 11. The van der Waals surface area contributed by atoms with Crippen LogP contribution in [0.1, 0.15) is 92.6 Å². The van der Waals surface area contributed by atoms with Crippen molar-refractivity contribution in [3.8, 4) is 0 Å². The predicted octanol–water partition coefficient (Wildman–Crippen LogP) is 5.84. The molecule has 1 aliphatic carbocycles. The van der Waals surface area contributed by atoms with Gasteiger partial charge in [0.15, 0.2) is 0 Å². The number of likely N-dealkylation sites (tertiary alicyclic amines) is 1. The minimum absolute atomic E-state index is 0.0666. The second kappa shape index (κ2) is 13.2. The van der Waals surface area contributed by atoms with Crippen LogP contribution in [0.3, 0.4) is 0 Å². The van der Waals surface area contributed by atoms with E-state index in [1.54, 1.807) is 9.80 Å². The summed E-state index contributed by atoms with van der Waals surface area (Å²) < 4.78 is 11.3. The maximum atomic E-state index is 14.1. The SMILES string of the molecule is CCOC[C@H](CC(=O)[C@H]1C[C@@H](C(=O)N(c2ccc(C(C)C)cn2)C2CC2)CN(C(=O)OC(C)(C)C)C1)C(C)C. The zero-order valence-corrected chi connectivity index (χ0v) is 25.2. The smallest absolute Gasteiger partial charge is 0.410 e. The van der Waals surface area contributed by atoms with Crippen molar-refractivity contribution in [3.05, 3.63) is 23.9 Å². The number of ketones is 1. The number of carbonyl (C=O) groups is 3. The second-order valence-corrected chi connectivity index (χ2v) is 12.9. The van der Waals surface area contributed by atoms with Gasteiger partial charge in [0.05, 0.1) is 12.5 Å². The number of ether oxygens (including phenoxy) is 2. The largest absolute Gasteiger partial charge is 0.444 e. The Kier molecular flexibility index (Phi) is 10.5. The summed E-state index contributed by atoms with van der Waals surface area (Å²) in [5.74, 6) is 0.447. The maximum Gasteiger partial charge on any atom is 0.410 e. The van der Waals surface area contributed by atoms with Gasteiger partial charge in [-0.15, -0.1) is 0 Å². The molecule has 8 heteroatoms. The molecule has 1 saturated heterocycles. The summed E-state index contributed by atoms with van der Waals surface area (Å²) in [5, 5.41) is 0. The van der Waals surface area contributed by atoms with Crippen LogP contribution >= 0.6 is 0 Å². The van der Waals surface area contributed by atoms with Gasteiger partial charge in [-0.3, -0.25) is 14.5 Å². The summed E-state index contributed by atoms with van der Waals surface area (Å²) in [6.07, 6.45) is 4.01. The van der Waals surface area contributed by atoms with Crippen molar-refractivity contribution in [2.24, 2.45) is 23.7 Å². The first kappa shape index (κ1) is 31.1. The zero-order valence-electron chi connectivity index (χ0n) is 25.2. The average Bonchev–Trinajstić information content (AvgIpc) is 3.70. The molecular weight excluding hydrogens is 494 g/mol. The number of nitrogens with zero attached hydrogens (tertiary/aromatic N) is 3. The number of hydrogen-bond acceptors (Lipinski definition) is 6. The number of carbonyl (C=O) groups excluding carboxylic acids is 3. The monoisotopic (exact) mass is 543 g/mol. The molecule has 39 heavy (non-hydrogen) atoms. The summed E-state index contributed by atoms with van der Waals surface area (Å²) in [6, 6.07) is 4.06. The molecule has 0 spiro atoms. The Bertz CT molecular complexity index is 981. The van der Waals surface area contributed by atoms with Crippen molar-refractivity contribution in [1.29, 1.82) is 0 Å². The van der Waals surface area contributed by atoms with Crippen LogP contribution in [0.25, 0.3) is 0 Å². The quantitative estimate of drug-likeness (QED) is 0.348. The molecule has 0 bridgehead atoms. The zero-order chi connectivity index (χ0) is 28.9. The fourth-order valence-electron chi connectivity index (χ4n) is 5.06. The number of pyridine rings is 1. The molecule has 2 amide bonds. The van der Waals surface area contributed by atoms with Gasteiger partial charge in [0.25, 0.3) is 0 Å². The second-order valence-electron chi connectivity index (χ2n) is 12.9. The predicted molar refractivity (Wildman–Crippen MR) is 153 cm³/mol. The number of piperidine rings is 1. The lowest BCUT2D eigenvalue weighted by Crippen LogP contribution is -2.52. The highest BCUT2D eigenvalue weighted by molar-refractivity contribution is 5.96. The molecule has 0 radical (unpaired) electrons. The summed E-state index contributed by atoms with van der Waals surface area (Å²) in [7, 11) is 0. The highest BCUT2D eigenvalue weighted by Crippen LogP contribution is 2.35. The molecule has 1 aliphatic heterocycles. The number of aromatic nitrogens is 1. The van der Waals surface area contributed by atoms with Crippen molar-refractivity contribution in [3.63, 3.8) is 0 Å². The van der Waals surface area contributed by atoms with Crippen LogP contribution in [-0.2, 0) is 19.1 Å². The highest BCUT2D eigenvalue weighted by atomic mass is 16.6. The van der Waals surface area contributed by atoms with Crippen LogP contribution in [0.5, 0.6) is 0 Å². The maximum absolute atomic E-state index is 14.1. The third-order valence-electron chi connectivity index (χ3n) is 7.68. The van der Waals surface area contributed by atoms with Crippen LogP contribution in [-0.4, -0.2) is 65.6 Å². The number of hydrogen-bond donors (Lipinski definition) is 0. The molecule has 218 valence electrons. The molecule has 3 atom stereocenters. The molecular formula is C31H49N3O5. The Morgan fingerprint density at radius 1 is 1.08 bits per heavy atom. The summed E-state index contributed by atoms with van der Waals surface area (Å²) >= 11 is 0. The molecule has 1 aromatic rings. The first-order chi connectivity index (χ1) is 18.3. The van der Waals surface area contributed by atoms with Crippen molar-refractivity contribution in [1.82, 2.24) is 9.88 Å². The van der Waals surface area contributed by atoms with Gasteiger partial charge in [-0.25, -0.2) is 9.78 Å². The molecule has 0 unspecified atom stereocenters. The molecule has 0 N–H and O–H groups in total. The first-order valence-corrected chi connectivity index (χ1v) is 14.7. The van der Waals surface area contributed by atoms with Gasteiger partial charge in [-0.1, -0.05) is 33.8 Å². The highest BCUT2D eigenvalue weighted by Gasteiger charge is 2.43. The average molecular weight is 544 g/mol. The molecule has 8 nitrogen and oxygen atoms in total. The first-order valence-electron chi connectivity index (χ1n) is 14.7. The minimum atomic E-state index is -0.671. The molecule has 2 heterocycles. The van der Waals surface area contributed by atoms with Crippen LogP contribution in [0.15, 0.2) is 18.3 Å².